The SMILES string of the molecule is CCc1cccc2cc(CC(C)N)c(=O)[nH]c12. The summed E-state index contributed by atoms with van der Waals surface area (Å²) in [7, 11) is 0. The smallest absolute Gasteiger partial charge is 0.251 e. The number of aryl methyl sites for hydroxylation is 1. The molecule has 0 amide bonds. The Labute approximate surface area is 101 Å². The number of aromatic amines is 1. The Morgan fingerprint density at radius 3 is 2.76 bits per heavy atom. The van der Waals surface area contributed by atoms with Gasteiger partial charge in [-0.25, -0.2) is 0 Å². The van der Waals surface area contributed by atoms with Crippen molar-refractivity contribution < 1.29 is 0 Å². The highest BCUT2D eigenvalue weighted by molar-refractivity contribution is 5.82. The van der Waals surface area contributed by atoms with E-state index in [0.29, 0.717) is 6.42 Å². The lowest BCUT2D eigenvalue weighted by molar-refractivity contribution is 0.732. The van der Waals surface area contributed by atoms with Crippen LogP contribution in [-0.2, 0) is 12.8 Å². The molecule has 0 bridgehead atoms. The predicted octanol–water partition coefficient (Wildman–Crippen LogP) is 1.98. The highest BCUT2D eigenvalue weighted by atomic mass is 16.1. The summed E-state index contributed by atoms with van der Waals surface area (Å²) < 4.78 is 0. The summed E-state index contributed by atoms with van der Waals surface area (Å²) in [6, 6.07) is 8.05. The zero-order valence-corrected chi connectivity index (χ0v) is 10.3. The molecule has 1 heterocycles. The number of fused-ring (bicyclic) bond motifs is 1. The summed E-state index contributed by atoms with van der Waals surface area (Å²) in [5, 5.41) is 1.08. The minimum Gasteiger partial charge on any atom is -0.328 e. The standard InChI is InChI=1S/C14H18N2O/c1-3-10-5-4-6-11-8-12(7-9(2)15)14(17)16-13(10)11/h4-6,8-9H,3,7,15H2,1-2H3,(H,16,17). The monoisotopic (exact) mass is 230 g/mol. The van der Waals surface area contributed by atoms with Gasteiger partial charge in [0.05, 0.1) is 5.52 Å². The maximum absolute atomic E-state index is 11.9. The first kappa shape index (κ1) is 11.9. The van der Waals surface area contributed by atoms with E-state index in [9.17, 15) is 4.79 Å². The lowest BCUT2D eigenvalue weighted by Crippen LogP contribution is -2.23. The second-order valence-corrected chi connectivity index (χ2v) is 4.54. The molecule has 0 saturated carbocycles. The van der Waals surface area contributed by atoms with Crippen molar-refractivity contribution in [2.24, 2.45) is 5.73 Å². The number of hydrogen-bond donors (Lipinski definition) is 2. The highest BCUT2D eigenvalue weighted by Gasteiger charge is 2.07. The molecule has 2 aromatic rings. The van der Waals surface area contributed by atoms with Gasteiger partial charge in [-0.1, -0.05) is 25.1 Å². The molecular formula is C14H18N2O. The second-order valence-electron chi connectivity index (χ2n) is 4.54. The summed E-state index contributed by atoms with van der Waals surface area (Å²) in [5.74, 6) is 0. The molecule has 0 aliphatic rings. The van der Waals surface area contributed by atoms with Crippen molar-refractivity contribution in [3.8, 4) is 0 Å². The fraction of sp³-hybridized carbons (Fsp3) is 0.357. The van der Waals surface area contributed by atoms with Crippen LogP contribution in [-0.4, -0.2) is 11.0 Å². The topological polar surface area (TPSA) is 58.9 Å². The summed E-state index contributed by atoms with van der Waals surface area (Å²) in [4.78, 5) is 14.9. The molecule has 3 heteroatoms. The van der Waals surface area contributed by atoms with E-state index in [-0.39, 0.29) is 11.6 Å². The number of benzene rings is 1. The normalized spacial score (nSPS) is 12.9. The molecule has 0 saturated heterocycles. The molecule has 17 heavy (non-hydrogen) atoms. The van der Waals surface area contributed by atoms with Gasteiger partial charge in [0.2, 0.25) is 0 Å². The average molecular weight is 230 g/mol. The van der Waals surface area contributed by atoms with Crippen molar-refractivity contribution in [3.05, 3.63) is 45.7 Å². The third kappa shape index (κ3) is 2.39. The van der Waals surface area contributed by atoms with E-state index >= 15 is 0 Å². The number of hydrogen-bond acceptors (Lipinski definition) is 2. The van der Waals surface area contributed by atoms with Gasteiger partial charge in [0, 0.05) is 11.6 Å². The fourth-order valence-electron chi connectivity index (χ4n) is 2.13. The van der Waals surface area contributed by atoms with Crippen LogP contribution in [0.15, 0.2) is 29.1 Å². The summed E-state index contributed by atoms with van der Waals surface area (Å²) >= 11 is 0. The van der Waals surface area contributed by atoms with Crippen LogP contribution >= 0.6 is 0 Å². The first-order valence-electron chi connectivity index (χ1n) is 6.01. The molecule has 2 rings (SSSR count). The molecule has 3 N–H and O–H groups in total. The molecule has 1 atom stereocenters. The Morgan fingerprint density at radius 2 is 2.12 bits per heavy atom. The lowest BCUT2D eigenvalue weighted by atomic mass is 10.0. The van der Waals surface area contributed by atoms with Gasteiger partial charge in [-0.2, -0.15) is 0 Å². The minimum absolute atomic E-state index is 0.00269. The van der Waals surface area contributed by atoms with E-state index in [0.717, 1.165) is 22.9 Å². The van der Waals surface area contributed by atoms with Gasteiger partial charge < -0.3 is 10.7 Å². The zero-order valence-electron chi connectivity index (χ0n) is 10.3. The summed E-state index contributed by atoms with van der Waals surface area (Å²) in [5.41, 5.74) is 8.61. The van der Waals surface area contributed by atoms with E-state index in [1.54, 1.807) is 0 Å². The predicted molar refractivity (Wildman–Crippen MR) is 71.3 cm³/mol. The third-order valence-electron chi connectivity index (χ3n) is 2.97. The Morgan fingerprint density at radius 1 is 1.35 bits per heavy atom. The van der Waals surface area contributed by atoms with E-state index in [1.807, 2.05) is 31.2 Å². The quantitative estimate of drug-likeness (QED) is 0.847. The molecule has 3 nitrogen and oxygen atoms in total. The summed E-state index contributed by atoms with van der Waals surface area (Å²) in [6.07, 6.45) is 1.53. The second kappa shape index (κ2) is 4.72. The average Bonchev–Trinajstić information content (AvgIpc) is 2.29. The Balaban J connectivity index is 2.62. The van der Waals surface area contributed by atoms with E-state index in [2.05, 4.69) is 11.9 Å². The van der Waals surface area contributed by atoms with Gasteiger partial charge in [-0.3, -0.25) is 4.79 Å². The molecule has 0 aliphatic heterocycles. The van der Waals surface area contributed by atoms with Crippen molar-refractivity contribution in [2.45, 2.75) is 32.7 Å². The van der Waals surface area contributed by atoms with Crippen LogP contribution in [0, 0.1) is 0 Å². The van der Waals surface area contributed by atoms with Crippen LogP contribution in [0.3, 0.4) is 0 Å². The molecule has 0 radical (unpaired) electrons. The molecule has 0 aliphatic carbocycles. The minimum atomic E-state index is -0.0179. The van der Waals surface area contributed by atoms with Crippen LogP contribution in [0.1, 0.15) is 25.0 Å². The van der Waals surface area contributed by atoms with Gasteiger partial charge in [-0.05, 0) is 36.8 Å². The van der Waals surface area contributed by atoms with Crippen LogP contribution in [0.4, 0.5) is 0 Å². The lowest BCUT2D eigenvalue weighted by Gasteiger charge is -2.08. The van der Waals surface area contributed by atoms with Crippen molar-refractivity contribution in [2.75, 3.05) is 0 Å². The van der Waals surface area contributed by atoms with Crippen molar-refractivity contribution in [3.63, 3.8) is 0 Å². The molecule has 1 aromatic heterocycles. The van der Waals surface area contributed by atoms with Gasteiger partial charge in [-0.15, -0.1) is 0 Å². The van der Waals surface area contributed by atoms with Crippen molar-refractivity contribution in [1.82, 2.24) is 4.98 Å². The number of aromatic nitrogens is 1. The van der Waals surface area contributed by atoms with E-state index in [1.165, 1.54) is 5.56 Å². The molecule has 0 spiro atoms. The van der Waals surface area contributed by atoms with Crippen molar-refractivity contribution >= 4 is 10.9 Å². The third-order valence-corrected chi connectivity index (χ3v) is 2.97. The molecular weight excluding hydrogens is 212 g/mol. The van der Waals surface area contributed by atoms with E-state index in [4.69, 9.17) is 5.73 Å². The van der Waals surface area contributed by atoms with Gasteiger partial charge in [0.25, 0.3) is 5.56 Å². The van der Waals surface area contributed by atoms with Gasteiger partial charge >= 0.3 is 0 Å². The Hall–Kier alpha value is -1.61. The molecule has 1 unspecified atom stereocenters. The van der Waals surface area contributed by atoms with Crippen LogP contribution in [0.25, 0.3) is 10.9 Å². The number of rotatable bonds is 3. The van der Waals surface area contributed by atoms with Crippen LogP contribution in [0.5, 0.6) is 0 Å². The zero-order chi connectivity index (χ0) is 12.4. The van der Waals surface area contributed by atoms with Gasteiger partial charge in [0.15, 0.2) is 0 Å². The summed E-state index contributed by atoms with van der Waals surface area (Å²) in [6.45, 7) is 4.00. The Kier molecular flexibility index (Phi) is 3.29. The first-order valence-corrected chi connectivity index (χ1v) is 6.01. The number of para-hydroxylation sites is 1. The first-order chi connectivity index (χ1) is 8.11. The van der Waals surface area contributed by atoms with Crippen LogP contribution in [0.2, 0.25) is 0 Å². The molecule has 90 valence electrons. The van der Waals surface area contributed by atoms with E-state index < -0.39 is 0 Å². The Bertz CT molecular complexity index is 584. The number of H-pyrrole nitrogens is 1. The van der Waals surface area contributed by atoms with Crippen LogP contribution < -0.4 is 11.3 Å². The van der Waals surface area contributed by atoms with Gasteiger partial charge in [0.1, 0.15) is 0 Å². The number of nitrogens with one attached hydrogen (secondary N) is 1. The maximum atomic E-state index is 11.9. The molecule has 0 fully saturated rings. The maximum Gasteiger partial charge on any atom is 0.251 e. The van der Waals surface area contributed by atoms with Crippen molar-refractivity contribution in [1.29, 1.82) is 0 Å². The number of nitrogens with two attached hydrogens (primary N) is 1. The molecule has 1 aromatic carbocycles. The largest absolute Gasteiger partial charge is 0.328 e. The fourth-order valence-corrected chi connectivity index (χ4v) is 2.13. The highest BCUT2D eigenvalue weighted by Crippen LogP contribution is 2.16. The number of pyridine rings is 1.